The van der Waals surface area contributed by atoms with Gasteiger partial charge >= 0.3 is 6.03 Å². The zero-order valence-electron chi connectivity index (χ0n) is 11.1. The molecule has 1 aromatic rings. The standard InChI is InChI=1S/C13H20N4O2/c1-9(8-14)15-12(18)10(2)16-13(19)17-11-6-4-3-5-7-11/h3-7,9-10H,8,14H2,1-2H3,(H,15,18)(H2,16,17,19)/t9-,10?/m0/s1. The molecule has 5 N–H and O–H groups in total. The molecule has 0 radical (unpaired) electrons. The molecule has 6 nitrogen and oxygen atoms in total. The van der Waals surface area contributed by atoms with Crippen molar-refractivity contribution in [2.45, 2.75) is 25.9 Å². The molecule has 2 atom stereocenters. The Labute approximate surface area is 112 Å². The summed E-state index contributed by atoms with van der Waals surface area (Å²) in [7, 11) is 0. The van der Waals surface area contributed by atoms with Gasteiger partial charge in [-0.2, -0.15) is 0 Å². The summed E-state index contributed by atoms with van der Waals surface area (Å²) in [6, 6.07) is 7.85. The van der Waals surface area contributed by atoms with E-state index in [1.807, 2.05) is 18.2 Å². The molecule has 1 rings (SSSR count). The van der Waals surface area contributed by atoms with Crippen molar-refractivity contribution in [3.05, 3.63) is 30.3 Å². The van der Waals surface area contributed by atoms with E-state index in [1.165, 1.54) is 0 Å². The van der Waals surface area contributed by atoms with Crippen LogP contribution in [-0.2, 0) is 4.79 Å². The fourth-order valence-electron chi connectivity index (χ4n) is 1.38. The van der Waals surface area contributed by atoms with Crippen molar-refractivity contribution >= 4 is 17.6 Å². The van der Waals surface area contributed by atoms with Crippen LogP contribution < -0.4 is 21.7 Å². The molecular weight excluding hydrogens is 244 g/mol. The molecule has 3 amide bonds. The smallest absolute Gasteiger partial charge is 0.319 e. The van der Waals surface area contributed by atoms with Crippen molar-refractivity contribution in [3.63, 3.8) is 0 Å². The van der Waals surface area contributed by atoms with Gasteiger partial charge in [0.15, 0.2) is 0 Å². The summed E-state index contributed by atoms with van der Waals surface area (Å²) in [5.41, 5.74) is 6.08. The number of carbonyl (C=O) groups is 2. The zero-order valence-corrected chi connectivity index (χ0v) is 11.1. The number of urea groups is 1. The highest BCUT2D eigenvalue weighted by molar-refractivity contribution is 5.93. The largest absolute Gasteiger partial charge is 0.351 e. The maximum atomic E-state index is 11.7. The number of nitrogens with one attached hydrogen (secondary N) is 3. The summed E-state index contributed by atoms with van der Waals surface area (Å²) in [6.07, 6.45) is 0. The number of rotatable bonds is 5. The zero-order chi connectivity index (χ0) is 14.3. The molecule has 0 spiro atoms. The van der Waals surface area contributed by atoms with Crippen molar-refractivity contribution in [3.8, 4) is 0 Å². The van der Waals surface area contributed by atoms with E-state index in [9.17, 15) is 9.59 Å². The van der Waals surface area contributed by atoms with Crippen molar-refractivity contribution in [2.24, 2.45) is 5.73 Å². The molecule has 0 bridgehead atoms. The van der Waals surface area contributed by atoms with E-state index < -0.39 is 12.1 Å². The van der Waals surface area contributed by atoms with Crippen molar-refractivity contribution in [2.75, 3.05) is 11.9 Å². The quantitative estimate of drug-likeness (QED) is 0.629. The van der Waals surface area contributed by atoms with Gasteiger partial charge in [0.05, 0.1) is 0 Å². The third-order valence-electron chi connectivity index (χ3n) is 2.51. The van der Waals surface area contributed by atoms with Gasteiger partial charge in [-0.3, -0.25) is 4.79 Å². The van der Waals surface area contributed by atoms with Crippen molar-refractivity contribution < 1.29 is 9.59 Å². The Balaban J connectivity index is 2.41. The molecule has 0 aliphatic carbocycles. The number of anilines is 1. The van der Waals surface area contributed by atoms with Crippen molar-refractivity contribution in [1.82, 2.24) is 10.6 Å². The SMILES string of the molecule is CC(NC(=O)Nc1ccccc1)C(=O)N[C@@H](C)CN. The highest BCUT2D eigenvalue weighted by Gasteiger charge is 2.16. The second kappa shape index (κ2) is 7.38. The first-order valence-corrected chi connectivity index (χ1v) is 6.16. The van der Waals surface area contributed by atoms with E-state index in [0.29, 0.717) is 12.2 Å². The average molecular weight is 264 g/mol. The fourth-order valence-corrected chi connectivity index (χ4v) is 1.38. The first-order valence-electron chi connectivity index (χ1n) is 6.16. The van der Waals surface area contributed by atoms with Crippen molar-refractivity contribution in [1.29, 1.82) is 0 Å². The summed E-state index contributed by atoms with van der Waals surface area (Å²) in [5, 5.41) is 7.89. The Bertz CT molecular complexity index is 422. The van der Waals surface area contributed by atoms with E-state index in [-0.39, 0.29) is 11.9 Å². The Morgan fingerprint density at radius 2 is 1.79 bits per heavy atom. The topological polar surface area (TPSA) is 96.2 Å². The molecule has 1 unspecified atom stereocenters. The number of benzene rings is 1. The summed E-state index contributed by atoms with van der Waals surface area (Å²) in [4.78, 5) is 23.3. The predicted molar refractivity (Wildman–Crippen MR) is 74.7 cm³/mol. The lowest BCUT2D eigenvalue weighted by Gasteiger charge is -2.17. The maximum absolute atomic E-state index is 11.7. The minimum atomic E-state index is -0.627. The minimum Gasteiger partial charge on any atom is -0.351 e. The Kier molecular flexibility index (Phi) is 5.81. The average Bonchev–Trinajstić information content (AvgIpc) is 2.39. The van der Waals surface area contributed by atoms with Crippen LogP contribution >= 0.6 is 0 Å². The lowest BCUT2D eigenvalue weighted by Crippen LogP contribution is -2.49. The molecule has 1 aromatic carbocycles. The Morgan fingerprint density at radius 1 is 1.16 bits per heavy atom. The number of nitrogens with two attached hydrogens (primary N) is 1. The lowest BCUT2D eigenvalue weighted by atomic mass is 10.2. The fraction of sp³-hybridized carbons (Fsp3) is 0.385. The molecule has 0 fully saturated rings. The van der Waals surface area contributed by atoms with Gasteiger partial charge in [0.2, 0.25) is 5.91 Å². The van der Waals surface area contributed by atoms with Crippen LogP contribution in [0, 0.1) is 0 Å². The highest BCUT2D eigenvalue weighted by Crippen LogP contribution is 2.04. The van der Waals surface area contributed by atoms with Gasteiger partial charge in [0.1, 0.15) is 6.04 Å². The molecule has 0 aliphatic heterocycles. The second-order valence-corrected chi connectivity index (χ2v) is 4.33. The van der Waals surface area contributed by atoms with Crippen LogP contribution in [0.3, 0.4) is 0 Å². The van der Waals surface area contributed by atoms with Gasteiger partial charge in [-0.25, -0.2) is 4.79 Å². The van der Waals surface area contributed by atoms with Crippen LogP contribution in [0.5, 0.6) is 0 Å². The summed E-state index contributed by atoms with van der Waals surface area (Å²) in [5.74, 6) is -0.263. The molecule has 0 aromatic heterocycles. The highest BCUT2D eigenvalue weighted by atomic mass is 16.2. The number of amides is 3. The van der Waals surface area contributed by atoms with Gasteiger partial charge in [0, 0.05) is 18.3 Å². The minimum absolute atomic E-state index is 0.117. The molecule has 0 heterocycles. The summed E-state index contributed by atoms with van der Waals surface area (Å²) in [6.45, 7) is 3.77. The number of hydrogen-bond acceptors (Lipinski definition) is 3. The van der Waals surface area contributed by atoms with Gasteiger partial charge in [-0.1, -0.05) is 18.2 Å². The molecule has 6 heteroatoms. The van der Waals surface area contributed by atoms with Crippen LogP contribution in [0.1, 0.15) is 13.8 Å². The Hall–Kier alpha value is -2.08. The number of hydrogen-bond donors (Lipinski definition) is 4. The monoisotopic (exact) mass is 264 g/mol. The Morgan fingerprint density at radius 3 is 2.37 bits per heavy atom. The van der Waals surface area contributed by atoms with Gasteiger partial charge in [0.25, 0.3) is 0 Å². The van der Waals surface area contributed by atoms with Crippen LogP contribution in [0.15, 0.2) is 30.3 Å². The van der Waals surface area contributed by atoms with E-state index >= 15 is 0 Å². The van der Waals surface area contributed by atoms with Crippen LogP contribution in [-0.4, -0.2) is 30.6 Å². The van der Waals surface area contributed by atoms with E-state index in [0.717, 1.165) is 0 Å². The second-order valence-electron chi connectivity index (χ2n) is 4.33. The van der Waals surface area contributed by atoms with E-state index in [4.69, 9.17) is 5.73 Å². The number of para-hydroxylation sites is 1. The first-order chi connectivity index (χ1) is 9.02. The summed E-state index contributed by atoms with van der Waals surface area (Å²) < 4.78 is 0. The predicted octanol–water partition coefficient (Wildman–Crippen LogP) is 0.660. The van der Waals surface area contributed by atoms with E-state index in [1.54, 1.807) is 26.0 Å². The molecular formula is C13H20N4O2. The normalized spacial score (nSPS) is 13.2. The number of carbonyl (C=O) groups excluding carboxylic acids is 2. The van der Waals surface area contributed by atoms with Crippen LogP contribution in [0.25, 0.3) is 0 Å². The van der Waals surface area contributed by atoms with Crippen LogP contribution in [0.4, 0.5) is 10.5 Å². The van der Waals surface area contributed by atoms with E-state index in [2.05, 4.69) is 16.0 Å². The molecule has 19 heavy (non-hydrogen) atoms. The maximum Gasteiger partial charge on any atom is 0.319 e. The van der Waals surface area contributed by atoms with Crippen LogP contribution in [0.2, 0.25) is 0 Å². The lowest BCUT2D eigenvalue weighted by molar-refractivity contribution is -0.123. The third kappa shape index (κ3) is 5.39. The molecule has 0 saturated heterocycles. The van der Waals surface area contributed by atoms with Gasteiger partial charge < -0.3 is 21.7 Å². The van der Waals surface area contributed by atoms with Gasteiger partial charge in [-0.05, 0) is 26.0 Å². The first kappa shape index (κ1) is 15.0. The molecule has 0 aliphatic rings. The molecule has 104 valence electrons. The van der Waals surface area contributed by atoms with Gasteiger partial charge in [-0.15, -0.1) is 0 Å². The molecule has 0 saturated carbocycles. The summed E-state index contributed by atoms with van der Waals surface area (Å²) >= 11 is 0. The third-order valence-corrected chi connectivity index (χ3v) is 2.51.